The summed E-state index contributed by atoms with van der Waals surface area (Å²) in [6.07, 6.45) is 3.39. The zero-order valence-corrected chi connectivity index (χ0v) is 14.2. The number of sulfonamides is 1. The molecule has 0 bridgehead atoms. The van der Waals surface area contributed by atoms with E-state index in [1.165, 1.54) is 10.7 Å². The monoisotopic (exact) mass is 310 g/mol. The van der Waals surface area contributed by atoms with Crippen LogP contribution in [0.4, 0.5) is 5.69 Å². The molecule has 1 aliphatic carbocycles. The van der Waals surface area contributed by atoms with Crippen molar-refractivity contribution >= 4 is 15.7 Å². The van der Waals surface area contributed by atoms with Crippen LogP contribution in [0, 0.1) is 11.8 Å². The summed E-state index contributed by atoms with van der Waals surface area (Å²) in [6.45, 7) is 4.58. The SMILES string of the molecule is CC1CCC(Nc2ccccc2S(=O)(=O)N(C)C)CC1C. The van der Waals surface area contributed by atoms with Crippen LogP contribution in [0.25, 0.3) is 0 Å². The van der Waals surface area contributed by atoms with Gasteiger partial charge < -0.3 is 5.32 Å². The van der Waals surface area contributed by atoms with Gasteiger partial charge in [-0.05, 0) is 43.2 Å². The van der Waals surface area contributed by atoms with Gasteiger partial charge in [0.15, 0.2) is 0 Å². The molecule has 2 rings (SSSR count). The van der Waals surface area contributed by atoms with E-state index in [0.717, 1.165) is 24.4 Å². The van der Waals surface area contributed by atoms with Gasteiger partial charge in [0.1, 0.15) is 4.90 Å². The highest BCUT2D eigenvalue weighted by molar-refractivity contribution is 7.89. The van der Waals surface area contributed by atoms with E-state index in [1.807, 2.05) is 12.1 Å². The summed E-state index contributed by atoms with van der Waals surface area (Å²) in [4.78, 5) is 0.362. The highest BCUT2D eigenvalue weighted by atomic mass is 32.2. The third-order valence-corrected chi connectivity index (χ3v) is 6.48. The Labute approximate surface area is 128 Å². The van der Waals surface area contributed by atoms with E-state index in [0.29, 0.717) is 16.9 Å². The number of nitrogens with zero attached hydrogens (tertiary/aromatic N) is 1. The number of nitrogens with one attached hydrogen (secondary N) is 1. The van der Waals surface area contributed by atoms with Gasteiger partial charge in [-0.25, -0.2) is 12.7 Å². The molecule has 0 aliphatic heterocycles. The Morgan fingerprint density at radius 2 is 1.76 bits per heavy atom. The normalized spacial score (nSPS) is 26.8. The lowest BCUT2D eigenvalue weighted by Gasteiger charge is -2.33. The molecule has 0 aromatic heterocycles. The molecule has 5 heteroatoms. The van der Waals surface area contributed by atoms with Crippen molar-refractivity contribution in [1.82, 2.24) is 4.31 Å². The summed E-state index contributed by atoms with van der Waals surface area (Å²) in [7, 11) is -0.280. The van der Waals surface area contributed by atoms with E-state index in [4.69, 9.17) is 0 Å². The molecule has 1 fully saturated rings. The number of benzene rings is 1. The lowest BCUT2D eigenvalue weighted by Crippen LogP contribution is -2.31. The second-order valence-corrected chi connectivity index (χ2v) is 8.51. The van der Waals surface area contributed by atoms with Crippen molar-refractivity contribution in [3.8, 4) is 0 Å². The van der Waals surface area contributed by atoms with Crippen molar-refractivity contribution in [1.29, 1.82) is 0 Å². The van der Waals surface area contributed by atoms with Crippen molar-refractivity contribution in [2.75, 3.05) is 19.4 Å². The zero-order valence-electron chi connectivity index (χ0n) is 13.3. The first-order valence-corrected chi connectivity index (χ1v) is 9.04. The molecule has 0 amide bonds. The van der Waals surface area contributed by atoms with Gasteiger partial charge in [0, 0.05) is 20.1 Å². The van der Waals surface area contributed by atoms with E-state index < -0.39 is 10.0 Å². The van der Waals surface area contributed by atoms with Crippen LogP contribution in [-0.2, 0) is 10.0 Å². The fraction of sp³-hybridized carbons (Fsp3) is 0.625. The van der Waals surface area contributed by atoms with Crippen LogP contribution in [0.2, 0.25) is 0 Å². The first-order valence-electron chi connectivity index (χ1n) is 7.60. The second kappa shape index (κ2) is 6.36. The molecule has 1 saturated carbocycles. The topological polar surface area (TPSA) is 49.4 Å². The summed E-state index contributed by atoms with van der Waals surface area (Å²) in [6, 6.07) is 7.54. The van der Waals surface area contributed by atoms with Crippen LogP contribution in [-0.4, -0.2) is 32.9 Å². The molecule has 0 spiro atoms. The Kier molecular flexibility index (Phi) is 4.94. The molecule has 1 aromatic rings. The largest absolute Gasteiger partial charge is 0.381 e. The number of anilines is 1. The van der Waals surface area contributed by atoms with Crippen molar-refractivity contribution < 1.29 is 8.42 Å². The molecule has 4 nitrogen and oxygen atoms in total. The van der Waals surface area contributed by atoms with E-state index in [1.54, 1.807) is 26.2 Å². The summed E-state index contributed by atoms with van der Waals surface area (Å²) in [5.41, 5.74) is 0.720. The fourth-order valence-electron chi connectivity index (χ4n) is 2.91. The van der Waals surface area contributed by atoms with Gasteiger partial charge in [0.25, 0.3) is 0 Å². The maximum atomic E-state index is 12.4. The van der Waals surface area contributed by atoms with Gasteiger partial charge in [0.2, 0.25) is 10.0 Å². The van der Waals surface area contributed by atoms with Crippen molar-refractivity contribution in [3.05, 3.63) is 24.3 Å². The minimum absolute atomic E-state index is 0.356. The van der Waals surface area contributed by atoms with Gasteiger partial charge in [0.05, 0.1) is 5.69 Å². The first-order chi connectivity index (χ1) is 9.82. The molecule has 21 heavy (non-hydrogen) atoms. The van der Waals surface area contributed by atoms with E-state index in [-0.39, 0.29) is 0 Å². The quantitative estimate of drug-likeness (QED) is 0.929. The van der Waals surface area contributed by atoms with Crippen LogP contribution in [0.15, 0.2) is 29.2 Å². The smallest absolute Gasteiger partial charge is 0.244 e. The first kappa shape index (κ1) is 16.3. The molecule has 3 unspecified atom stereocenters. The molecule has 1 aromatic carbocycles. The molecular formula is C16H26N2O2S. The second-order valence-electron chi connectivity index (χ2n) is 6.39. The van der Waals surface area contributed by atoms with Crippen molar-refractivity contribution in [3.63, 3.8) is 0 Å². The third kappa shape index (κ3) is 3.58. The number of para-hydroxylation sites is 1. The highest BCUT2D eigenvalue weighted by Crippen LogP contribution is 2.32. The predicted octanol–water partition coefficient (Wildman–Crippen LogP) is 3.17. The molecule has 0 heterocycles. The predicted molar refractivity (Wildman–Crippen MR) is 86.9 cm³/mol. The van der Waals surface area contributed by atoms with Gasteiger partial charge in [-0.2, -0.15) is 0 Å². The van der Waals surface area contributed by atoms with E-state index in [2.05, 4.69) is 19.2 Å². The minimum Gasteiger partial charge on any atom is -0.381 e. The molecule has 118 valence electrons. The number of hydrogen-bond acceptors (Lipinski definition) is 3. The number of rotatable bonds is 4. The molecular weight excluding hydrogens is 284 g/mol. The number of hydrogen-bond donors (Lipinski definition) is 1. The highest BCUT2D eigenvalue weighted by Gasteiger charge is 2.27. The molecule has 1 N–H and O–H groups in total. The Hall–Kier alpha value is -1.07. The van der Waals surface area contributed by atoms with Gasteiger partial charge in [-0.1, -0.05) is 26.0 Å². The summed E-state index contributed by atoms with van der Waals surface area (Å²) >= 11 is 0. The maximum absolute atomic E-state index is 12.4. The Balaban J connectivity index is 2.22. The van der Waals surface area contributed by atoms with Crippen molar-refractivity contribution in [2.45, 2.75) is 44.0 Å². The average Bonchev–Trinajstić information content (AvgIpc) is 2.43. The van der Waals surface area contributed by atoms with Gasteiger partial charge in [-0.3, -0.25) is 0 Å². The lowest BCUT2D eigenvalue weighted by molar-refractivity contribution is 0.260. The maximum Gasteiger partial charge on any atom is 0.244 e. The van der Waals surface area contributed by atoms with Gasteiger partial charge >= 0.3 is 0 Å². The average molecular weight is 310 g/mol. The Morgan fingerprint density at radius 3 is 2.38 bits per heavy atom. The van der Waals surface area contributed by atoms with E-state index in [9.17, 15) is 8.42 Å². The molecule has 1 aliphatic rings. The van der Waals surface area contributed by atoms with Crippen LogP contribution in [0.3, 0.4) is 0 Å². The minimum atomic E-state index is -3.41. The van der Waals surface area contributed by atoms with Crippen LogP contribution in [0.5, 0.6) is 0 Å². The fourth-order valence-corrected chi connectivity index (χ4v) is 3.95. The summed E-state index contributed by atoms with van der Waals surface area (Å²) < 4.78 is 26.1. The van der Waals surface area contributed by atoms with Crippen LogP contribution < -0.4 is 5.32 Å². The lowest BCUT2D eigenvalue weighted by atomic mass is 9.79. The Morgan fingerprint density at radius 1 is 1.10 bits per heavy atom. The zero-order chi connectivity index (χ0) is 15.6. The standard InChI is InChI=1S/C16H26N2O2S/c1-12-9-10-14(11-13(12)2)17-15-7-5-6-8-16(15)21(19,20)18(3)4/h5-8,12-14,17H,9-11H2,1-4H3. The van der Waals surface area contributed by atoms with Gasteiger partial charge in [-0.15, -0.1) is 0 Å². The molecule has 3 atom stereocenters. The van der Waals surface area contributed by atoms with Crippen LogP contribution >= 0.6 is 0 Å². The summed E-state index contributed by atoms with van der Waals surface area (Å²) in [5.74, 6) is 1.43. The Bertz CT molecular complexity index is 584. The van der Waals surface area contributed by atoms with Crippen molar-refractivity contribution in [2.24, 2.45) is 11.8 Å². The van der Waals surface area contributed by atoms with E-state index >= 15 is 0 Å². The molecule has 0 saturated heterocycles. The third-order valence-electron chi connectivity index (χ3n) is 4.60. The molecule has 0 radical (unpaired) electrons. The van der Waals surface area contributed by atoms with Crippen LogP contribution in [0.1, 0.15) is 33.1 Å². The summed E-state index contributed by atoms with van der Waals surface area (Å²) in [5, 5.41) is 3.46.